The van der Waals surface area contributed by atoms with E-state index in [-0.39, 0.29) is 10.6 Å². The van der Waals surface area contributed by atoms with Gasteiger partial charge in [0.15, 0.2) is 0 Å². The zero-order chi connectivity index (χ0) is 12.1. The van der Waals surface area contributed by atoms with Crippen LogP contribution in [0.3, 0.4) is 0 Å². The van der Waals surface area contributed by atoms with Crippen molar-refractivity contribution in [1.82, 2.24) is 5.32 Å². The second-order valence-electron chi connectivity index (χ2n) is 3.61. The smallest absolute Gasteiger partial charge is 0.125 e. The van der Waals surface area contributed by atoms with Gasteiger partial charge in [-0.15, -0.1) is 0 Å². The molecule has 0 radical (unpaired) electrons. The molecule has 3 nitrogen and oxygen atoms in total. The first-order chi connectivity index (χ1) is 7.54. The standard InChI is InChI=1S/C11H15ClFNO2/c1-14-3-2-10(15)11(16)7-4-8(12)6-9(13)5-7/h4-6,10-11,14-16H,2-3H2,1H3. The molecule has 0 fully saturated rings. The molecule has 0 heterocycles. The molecule has 0 aliphatic heterocycles. The molecule has 0 amide bonds. The van der Waals surface area contributed by atoms with Crippen molar-refractivity contribution < 1.29 is 14.6 Å². The summed E-state index contributed by atoms with van der Waals surface area (Å²) in [7, 11) is 1.75. The molecule has 0 saturated heterocycles. The number of rotatable bonds is 5. The van der Waals surface area contributed by atoms with Gasteiger partial charge >= 0.3 is 0 Å². The van der Waals surface area contributed by atoms with E-state index in [2.05, 4.69) is 5.32 Å². The zero-order valence-electron chi connectivity index (χ0n) is 8.95. The molecule has 0 aliphatic carbocycles. The van der Waals surface area contributed by atoms with Crippen LogP contribution in [0.5, 0.6) is 0 Å². The maximum absolute atomic E-state index is 13.0. The maximum Gasteiger partial charge on any atom is 0.125 e. The molecule has 0 saturated carbocycles. The summed E-state index contributed by atoms with van der Waals surface area (Å²) in [6, 6.07) is 3.76. The van der Waals surface area contributed by atoms with Crippen LogP contribution in [0, 0.1) is 5.82 Å². The van der Waals surface area contributed by atoms with Crippen molar-refractivity contribution in [2.45, 2.75) is 18.6 Å². The Labute approximate surface area is 98.9 Å². The van der Waals surface area contributed by atoms with E-state index in [0.29, 0.717) is 13.0 Å². The topological polar surface area (TPSA) is 52.5 Å². The Morgan fingerprint density at radius 3 is 2.62 bits per heavy atom. The van der Waals surface area contributed by atoms with Crippen molar-refractivity contribution in [2.24, 2.45) is 0 Å². The molecule has 16 heavy (non-hydrogen) atoms. The molecule has 2 unspecified atom stereocenters. The third-order valence-corrected chi connectivity index (χ3v) is 2.50. The lowest BCUT2D eigenvalue weighted by molar-refractivity contribution is 0.0139. The average molecular weight is 248 g/mol. The lowest BCUT2D eigenvalue weighted by atomic mass is 10.0. The van der Waals surface area contributed by atoms with Gasteiger partial charge in [0.05, 0.1) is 6.10 Å². The summed E-state index contributed by atoms with van der Waals surface area (Å²) in [6.45, 7) is 0.571. The molecule has 5 heteroatoms. The van der Waals surface area contributed by atoms with Crippen LogP contribution < -0.4 is 5.32 Å². The summed E-state index contributed by atoms with van der Waals surface area (Å²) in [5, 5.41) is 22.4. The van der Waals surface area contributed by atoms with Crippen LogP contribution in [0.4, 0.5) is 4.39 Å². The van der Waals surface area contributed by atoms with Gasteiger partial charge in [-0.25, -0.2) is 4.39 Å². The molecular weight excluding hydrogens is 233 g/mol. The normalized spacial score (nSPS) is 14.8. The first-order valence-electron chi connectivity index (χ1n) is 5.01. The molecule has 1 aromatic carbocycles. The van der Waals surface area contributed by atoms with Gasteiger partial charge in [0.25, 0.3) is 0 Å². The maximum atomic E-state index is 13.0. The quantitative estimate of drug-likeness (QED) is 0.739. The minimum Gasteiger partial charge on any atom is -0.390 e. The number of hydrogen-bond acceptors (Lipinski definition) is 3. The van der Waals surface area contributed by atoms with Crippen molar-refractivity contribution >= 4 is 11.6 Å². The fourth-order valence-corrected chi connectivity index (χ4v) is 1.65. The summed E-state index contributed by atoms with van der Waals surface area (Å²) in [4.78, 5) is 0. The molecule has 0 bridgehead atoms. The lowest BCUT2D eigenvalue weighted by Gasteiger charge is -2.18. The lowest BCUT2D eigenvalue weighted by Crippen LogP contribution is -2.23. The summed E-state index contributed by atoms with van der Waals surface area (Å²) in [5.74, 6) is -0.526. The SMILES string of the molecule is CNCCC(O)C(O)c1cc(F)cc(Cl)c1. The van der Waals surface area contributed by atoms with Gasteiger partial charge in [-0.2, -0.15) is 0 Å². The largest absolute Gasteiger partial charge is 0.390 e. The van der Waals surface area contributed by atoms with E-state index in [1.807, 2.05) is 0 Å². The van der Waals surface area contributed by atoms with Gasteiger partial charge in [0.1, 0.15) is 11.9 Å². The van der Waals surface area contributed by atoms with Crippen molar-refractivity contribution in [3.63, 3.8) is 0 Å². The Balaban J connectivity index is 2.74. The van der Waals surface area contributed by atoms with E-state index in [1.54, 1.807) is 7.05 Å². The summed E-state index contributed by atoms with van der Waals surface area (Å²) in [6.07, 6.45) is -1.68. The number of benzene rings is 1. The second-order valence-corrected chi connectivity index (χ2v) is 4.04. The molecule has 3 N–H and O–H groups in total. The molecule has 0 spiro atoms. The van der Waals surface area contributed by atoms with Gasteiger partial charge in [0.2, 0.25) is 0 Å². The molecule has 0 aliphatic rings. The molecule has 1 rings (SSSR count). The zero-order valence-corrected chi connectivity index (χ0v) is 9.71. The predicted molar refractivity (Wildman–Crippen MR) is 60.9 cm³/mol. The average Bonchev–Trinajstić information content (AvgIpc) is 2.23. The Morgan fingerprint density at radius 2 is 2.06 bits per heavy atom. The van der Waals surface area contributed by atoms with Crippen molar-refractivity contribution in [1.29, 1.82) is 0 Å². The molecule has 0 aromatic heterocycles. The van der Waals surface area contributed by atoms with Crippen LogP contribution in [-0.2, 0) is 0 Å². The van der Waals surface area contributed by atoms with Crippen molar-refractivity contribution in [3.8, 4) is 0 Å². The van der Waals surface area contributed by atoms with Gasteiger partial charge < -0.3 is 15.5 Å². The van der Waals surface area contributed by atoms with Crippen molar-refractivity contribution in [3.05, 3.63) is 34.6 Å². The summed E-state index contributed by atoms with van der Waals surface area (Å²) < 4.78 is 13.0. The van der Waals surface area contributed by atoms with Gasteiger partial charge in [-0.1, -0.05) is 11.6 Å². The summed E-state index contributed by atoms with van der Waals surface area (Å²) >= 11 is 5.66. The van der Waals surface area contributed by atoms with Crippen LogP contribution in [0.1, 0.15) is 18.1 Å². The highest BCUT2D eigenvalue weighted by Gasteiger charge is 2.18. The van der Waals surface area contributed by atoms with E-state index >= 15 is 0 Å². The van der Waals surface area contributed by atoms with Crippen LogP contribution >= 0.6 is 11.6 Å². The van der Waals surface area contributed by atoms with E-state index in [4.69, 9.17) is 11.6 Å². The van der Waals surface area contributed by atoms with Gasteiger partial charge in [-0.3, -0.25) is 0 Å². The second kappa shape index (κ2) is 6.15. The molecule has 1 aromatic rings. The third-order valence-electron chi connectivity index (χ3n) is 2.28. The molecule has 2 atom stereocenters. The first kappa shape index (κ1) is 13.4. The summed E-state index contributed by atoms with van der Waals surface area (Å²) in [5.41, 5.74) is 0.286. The fourth-order valence-electron chi connectivity index (χ4n) is 1.42. The van der Waals surface area contributed by atoms with Crippen LogP contribution in [0.15, 0.2) is 18.2 Å². The van der Waals surface area contributed by atoms with Crippen LogP contribution in [-0.4, -0.2) is 29.9 Å². The van der Waals surface area contributed by atoms with Crippen molar-refractivity contribution in [2.75, 3.05) is 13.6 Å². The monoisotopic (exact) mass is 247 g/mol. The van der Waals surface area contributed by atoms with E-state index < -0.39 is 18.0 Å². The number of halogens is 2. The van der Waals surface area contributed by atoms with Gasteiger partial charge in [-0.05, 0) is 43.8 Å². The number of nitrogens with one attached hydrogen (secondary N) is 1. The van der Waals surface area contributed by atoms with E-state index in [9.17, 15) is 14.6 Å². The number of hydrogen-bond donors (Lipinski definition) is 3. The Hall–Kier alpha value is -0.680. The van der Waals surface area contributed by atoms with Gasteiger partial charge in [0, 0.05) is 5.02 Å². The third kappa shape index (κ3) is 3.72. The molecular formula is C11H15ClFNO2. The Bertz CT molecular complexity index is 329. The number of aliphatic hydroxyl groups excluding tert-OH is 2. The first-order valence-corrected chi connectivity index (χ1v) is 5.39. The minimum absolute atomic E-state index is 0.204. The number of aliphatic hydroxyl groups is 2. The highest BCUT2D eigenvalue weighted by Crippen LogP contribution is 2.23. The van der Waals surface area contributed by atoms with Crippen LogP contribution in [0.2, 0.25) is 5.02 Å². The fraction of sp³-hybridized carbons (Fsp3) is 0.455. The Kier molecular flexibility index (Phi) is 5.15. The highest BCUT2D eigenvalue weighted by molar-refractivity contribution is 6.30. The highest BCUT2D eigenvalue weighted by atomic mass is 35.5. The van der Waals surface area contributed by atoms with E-state index in [1.165, 1.54) is 12.1 Å². The van der Waals surface area contributed by atoms with Crippen LogP contribution in [0.25, 0.3) is 0 Å². The predicted octanol–water partition coefficient (Wildman–Crippen LogP) is 1.48. The minimum atomic E-state index is -1.12. The molecule has 90 valence electrons. The Morgan fingerprint density at radius 1 is 1.38 bits per heavy atom. The van der Waals surface area contributed by atoms with E-state index in [0.717, 1.165) is 6.07 Å².